The van der Waals surface area contributed by atoms with Gasteiger partial charge in [-0.15, -0.1) is 0 Å². The van der Waals surface area contributed by atoms with E-state index >= 15 is 0 Å². The highest BCUT2D eigenvalue weighted by Crippen LogP contribution is 2.26. The fourth-order valence-electron chi connectivity index (χ4n) is 3.61. The predicted molar refractivity (Wildman–Crippen MR) is 138 cm³/mol. The largest absolute Gasteiger partial charge is 0.489 e. The second kappa shape index (κ2) is 13.6. The molecule has 9 nitrogen and oxygen atoms in total. The van der Waals surface area contributed by atoms with Crippen LogP contribution >= 0.6 is 23.2 Å². The SMILES string of the molecule is CC(C)CCNC(=O)[C@@H]1OCO[C@H]1C(=O)N[C@@H](Cc1ccc(OCc2c(Cl)cccc2Cl)cc1)C(=O)O. The monoisotopic (exact) mass is 552 g/mol. The van der Waals surface area contributed by atoms with E-state index in [1.54, 1.807) is 42.5 Å². The summed E-state index contributed by atoms with van der Waals surface area (Å²) in [6.07, 6.45) is -1.61. The van der Waals surface area contributed by atoms with Crippen LogP contribution in [0.1, 0.15) is 31.4 Å². The zero-order chi connectivity index (χ0) is 26.9. The first-order valence-electron chi connectivity index (χ1n) is 11.8. The highest BCUT2D eigenvalue weighted by molar-refractivity contribution is 6.35. The Labute approximate surface area is 225 Å². The van der Waals surface area contributed by atoms with Gasteiger partial charge in [-0.05, 0) is 42.2 Å². The first-order chi connectivity index (χ1) is 17.7. The third-order valence-electron chi connectivity index (χ3n) is 5.73. The molecule has 200 valence electrons. The van der Waals surface area contributed by atoms with E-state index in [2.05, 4.69) is 10.6 Å². The number of benzene rings is 2. The summed E-state index contributed by atoms with van der Waals surface area (Å²) in [5.41, 5.74) is 1.32. The second-order valence-electron chi connectivity index (χ2n) is 9.00. The lowest BCUT2D eigenvalue weighted by Gasteiger charge is -2.20. The van der Waals surface area contributed by atoms with Crippen molar-refractivity contribution in [3.63, 3.8) is 0 Å². The number of amides is 2. The number of aliphatic carboxylic acids is 1. The van der Waals surface area contributed by atoms with Crippen LogP contribution in [-0.4, -0.2) is 54.5 Å². The number of carbonyl (C=O) groups excluding carboxylic acids is 2. The predicted octanol–water partition coefficient (Wildman–Crippen LogP) is 3.59. The lowest BCUT2D eigenvalue weighted by Crippen LogP contribution is -2.52. The molecule has 2 aromatic rings. The minimum atomic E-state index is -1.24. The van der Waals surface area contributed by atoms with Gasteiger partial charge in [-0.3, -0.25) is 9.59 Å². The van der Waals surface area contributed by atoms with Crippen molar-refractivity contribution >= 4 is 41.0 Å². The summed E-state index contributed by atoms with van der Waals surface area (Å²) in [4.78, 5) is 37.1. The molecule has 1 saturated heterocycles. The lowest BCUT2D eigenvalue weighted by molar-refractivity contribution is -0.144. The van der Waals surface area contributed by atoms with E-state index in [1.807, 2.05) is 13.8 Å². The lowest BCUT2D eigenvalue weighted by atomic mass is 10.0. The van der Waals surface area contributed by atoms with Crippen molar-refractivity contribution in [3.8, 4) is 5.75 Å². The minimum Gasteiger partial charge on any atom is -0.489 e. The molecule has 0 saturated carbocycles. The first-order valence-corrected chi connectivity index (χ1v) is 12.6. The van der Waals surface area contributed by atoms with Crippen LogP contribution in [-0.2, 0) is 36.9 Å². The maximum atomic E-state index is 12.8. The molecule has 1 heterocycles. The van der Waals surface area contributed by atoms with Crippen molar-refractivity contribution < 1.29 is 33.7 Å². The quantitative estimate of drug-likeness (QED) is 0.367. The van der Waals surface area contributed by atoms with Crippen LogP contribution < -0.4 is 15.4 Å². The van der Waals surface area contributed by atoms with Crippen LogP contribution in [0.25, 0.3) is 0 Å². The van der Waals surface area contributed by atoms with Crippen LogP contribution in [0.5, 0.6) is 5.75 Å². The normalized spacial score (nSPS) is 17.9. The summed E-state index contributed by atoms with van der Waals surface area (Å²) in [5, 5.41) is 15.8. The Morgan fingerprint density at radius 3 is 2.24 bits per heavy atom. The van der Waals surface area contributed by atoms with Crippen LogP contribution in [0.15, 0.2) is 42.5 Å². The van der Waals surface area contributed by atoms with Gasteiger partial charge in [0.1, 0.15) is 25.2 Å². The molecule has 0 aromatic heterocycles. The number of hydrogen-bond donors (Lipinski definition) is 3. The molecule has 0 bridgehead atoms. The van der Waals surface area contributed by atoms with Crippen molar-refractivity contribution in [3.05, 3.63) is 63.6 Å². The molecular formula is C26H30Cl2N2O7. The molecule has 2 amide bonds. The van der Waals surface area contributed by atoms with Crippen molar-refractivity contribution in [2.45, 2.75) is 51.5 Å². The van der Waals surface area contributed by atoms with E-state index in [1.165, 1.54) is 0 Å². The van der Waals surface area contributed by atoms with Crippen LogP contribution in [0.2, 0.25) is 10.0 Å². The molecular weight excluding hydrogens is 523 g/mol. The van der Waals surface area contributed by atoms with Crippen molar-refractivity contribution in [1.82, 2.24) is 10.6 Å². The van der Waals surface area contributed by atoms with Gasteiger partial charge >= 0.3 is 5.97 Å². The number of carbonyl (C=O) groups is 3. The third-order valence-corrected chi connectivity index (χ3v) is 6.44. The molecule has 0 radical (unpaired) electrons. The Morgan fingerprint density at radius 2 is 1.65 bits per heavy atom. The van der Waals surface area contributed by atoms with Crippen LogP contribution in [0.3, 0.4) is 0 Å². The molecule has 0 unspecified atom stereocenters. The number of carboxylic acid groups (broad SMARTS) is 1. The molecule has 3 atom stereocenters. The molecule has 0 spiro atoms. The fourth-order valence-corrected chi connectivity index (χ4v) is 4.12. The summed E-state index contributed by atoms with van der Waals surface area (Å²) in [7, 11) is 0. The molecule has 0 aliphatic carbocycles. The van der Waals surface area contributed by atoms with Gasteiger partial charge in [0, 0.05) is 28.6 Å². The molecule has 1 aliphatic heterocycles. The molecule has 3 N–H and O–H groups in total. The van der Waals surface area contributed by atoms with E-state index in [0.29, 0.717) is 39.4 Å². The summed E-state index contributed by atoms with van der Waals surface area (Å²) >= 11 is 12.3. The summed E-state index contributed by atoms with van der Waals surface area (Å²) in [6.45, 7) is 4.43. The number of nitrogens with one attached hydrogen (secondary N) is 2. The van der Waals surface area contributed by atoms with E-state index < -0.39 is 36.0 Å². The maximum absolute atomic E-state index is 12.8. The Kier molecular flexibility index (Phi) is 10.6. The fraction of sp³-hybridized carbons (Fsp3) is 0.423. The molecule has 11 heteroatoms. The topological polar surface area (TPSA) is 123 Å². The molecule has 2 aromatic carbocycles. The summed E-state index contributed by atoms with van der Waals surface area (Å²) in [6, 6.07) is 10.7. The van der Waals surface area contributed by atoms with Crippen molar-refractivity contribution in [2.24, 2.45) is 5.92 Å². The Balaban J connectivity index is 1.56. The van der Waals surface area contributed by atoms with E-state index in [9.17, 15) is 19.5 Å². The van der Waals surface area contributed by atoms with Gasteiger partial charge in [0.25, 0.3) is 11.8 Å². The van der Waals surface area contributed by atoms with Gasteiger partial charge < -0.3 is 30.0 Å². The number of rotatable bonds is 12. The third kappa shape index (κ3) is 8.33. The van der Waals surface area contributed by atoms with E-state index in [-0.39, 0.29) is 19.8 Å². The van der Waals surface area contributed by atoms with Gasteiger partial charge in [-0.1, -0.05) is 55.2 Å². The maximum Gasteiger partial charge on any atom is 0.326 e. The highest BCUT2D eigenvalue weighted by Gasteiger charge is 2.41. The molecule has 37 heavy (non-hydrogen) atoms. The van der Waals surface area contributed by atoms with Gasteiger partial charge in [0.05, 0.1) is 0 Å². The number of hydrogen-bond acceptors (Lipinski definition) is 6. The Morgan fingerprint density at radius 1 is 1.03 bits per heavy atom. The van der Waals surface area contributed by atoms with Gasteiger partial charge in [0.15, 0.2) is 12.2 Å². The number of halogens is 2. The molecule has 1 aliphatic rings. The highest BCUT2D eigenvalue weighted by atomic mass is 35.5. The smallest absolute Gasteiger partial charge is 0.326 e. The molecule has 1 fully saturated rings. The summed E-state index contributed by atoms with van der Waals surface area (Å²) < 4.78 is 16.3. The Hall–Kier alpha value is -2.85. The van der Waals surface area contributed by atoms with Gasteiger partial charge in [0.2, 0.25) is 0 Å². The Bertz CT molecular complexity index is 1070. The van der Waals surface area contributed by atoms with Gasteiger partial charge in [-0.2, -0.15) is 0 Å². The van der Waals surface area contributed by atoms with Crippen molar-refractivity contribution in [1.29, 1.82) is 0 Å². The first kappa shape index (κ1) is 28.7. The average molecular weight is 553 g/mol. The summed E-state index contributed by atoms with van der Waals surface area (Å²) in [5.74, 6) is -1.49. The number of carboxylic acids is 1. The number of ether oxygens (including phenoxy) is 3. The molecule has 3 rings (SSSR count). The second-order valence-corrected chi connectivity index (χ2v) is 9.82. The van der Waals surface area contributed by atoms with Crippen molar-refractivity contribution in [2.75, 3.05) is 13.3 Å². The van der Waals surface area contributed by atoms with E-state index in [4.69, 9.17) is 37.4 Å². The van der Waals surface area contributed by atoms with E-state index in [0.717, 1.165) is 6.42 Å². The van der Waals surface area contributed by atoms with Gasteiger partial charge in [-0.25, -0.2) is 4.79 Å². The van der Waals surface area contributed by atoms with Crippen LogP contribution in [0.4, 0.5) is 0 Å². The standard InChI is InChI=1S/C26H30Cl2N2O7/c1-15(2)10-11-29-24(31)22-23(37-14-36-22)25(32)30-21(26(33)34)12-16-6-8-17(9-7-16)35-13-18-19(27)4-3-5-20(18)28/h3-9,15,21-23H,10-14H2,1-2H3,(H,29,31)(H,30,32)(H,33,34)/t21-,22+,23+/m0/s1. The zero-order valence-electron chi connectivity index (χ0n) is 20.5. The zero-order valence-corrected chi connectivity index (χ0v) is 22.1. The van der Waals surface area contributed by atoms with Crippen LogP contribution in [0, 0.1) is 5.92 Å². The minimum absolute atomic E-state index is 0.0104. The average Bonchev–Trinajstić information content (AvgIpc) is 3.34.